The van der Waals surface area contributed by atoms with E-state index < -0.39 is 35.6 Å². The summed E-state index contributed by atoms with van der Waals surface area (Å²) in [6.07, 6.45) is 9.05. The lowest BCUT2D eigenvalue weighted by Crippen LogP contribution is -2.50. The Morgan fingerprint density at radius 2 is 1.92 bits per heavy atom. The fraction of sp³-hybridized carbons (Fsp3) is 0.417. The molecule has 8 rings (SSSR count). The Bertz CT molecular complexity index is 2200. The number of terminal acetylenes is 1. The number of piperidine rings is 1. The number of β-amino-alcohol motifs (C(OH)–C–C–N with tert-alkyl or cyclic N) is 1. The molecular formula is C36H34F4N6O3. The van der Waals surface area contributed by atoms with Crippen molar-refractivity contribution in [3.8, 4) is 35.2 Å². The number of anilines is 1. The van der Waals surface area contributed by atoms with Crippen LogP contribution in [0.25, 0.3) is 43.7 Å². The van der Waals surface area contributed by atoms with Gasteiger partial charge in [-0.3, -0.25) is 9.58 Å². The molecule has 0 radical (unpaired) electrons. The number of aliphatic hydroxyl groups is 1. The number of ether oxygens (including phenoxy) is 1. The normalized spacial score (nSPS) is 24.3. The van der Waals surface area contributed by atoms with Crippen molar-refractivity contribution in [1.82, 2.24) is 24.6 Å². The molecule has 2 N–H and O–H groups in total. The molecule has 2 aromatic heterocycles. The Hall–Kier alpha value is -4.67. The maximum absolute atomic E-state index is 17.4. The van der Waals surface area contributed by atoms with Crippen LogP contribution < -0.4 is 9.64 Å². The summed E-state index contributed by atoms with van der Waals surface area (Å²) in [5.41, 5.74) is -2.23. The van der Waals surface area contributed by atoms with E-state index >= 15 is 8.78 Å². The molecule has 3 saturated heterocycles. The standard InChI is InChI=1S/C36H34F4N6O3/c1-3-23-26(39)7-6-20-12-22(47)13-24(27(20)23)28-30(40)32-29(25-16-44(2)43-31(25)28)33(45-10-5-9-36(48,17-37)18-45)42-34(41-32)49-19-35-8-4-11-46(35)15-21(38)14-35/h1,6-7,12-13,16,21,47-48H,4-5,8-11,14-15,17-19H2,2H3/t21-,35+,36?/m1/s1. The highest BCUT2D eigenvalue weighted by molar-refractivity contribution is 6.18. The molecule has 254 valence electrons. The highest BCUT2D eigenvalue weighted by atomic mass is 19.1. The van der Waals surface area contributed by atoms with E-state index in [9.17, 15) is 19.0 Å². The zero-order valence-electron chi connectivity index (χ0n) is 26.8. The van der Waals surface area contributed by atoms with E-state index in [0.29, 0.717) is 36.7 Å². The Labute approximate surface area is 279 Å². The maximum atomic E-state index is 17.4. The van der Waals surface area contributed by atoms with Crippen LogP contribution in [0.2, 0.25) is 0 Å². The van der Waals surface area contributed by atoms with Crippen molar-refractivity contribution in [2.75, 3.05) is 44.4 Å². The second kappa shape index (κ2) is 11.5. The van der Waals surface area contributed by atoms with Gasteiger partial charge in [-0.1, -0.05) is 12.0 Å². The maximum Gasteiger partial charge on any atom is 0.319 e. The summed E-state index contributed by atoms with van der Waals surface area (Å²) < 4.78 is 68.9. The highest BCUT2D eigenvalue weighted by Crippen LogP contribution is 2.46. The van der Waals surface area contributed by atoms with Crippen molar-refractivity contribution < 1.29 is 32.5 Å². The van der Waals surface area contributed by atoms with Gasteiger partial charge in [0.1, 0.15) is 53.5 Å². The molecular weight excluding hydrogens is 640 g/mol. The van der Waals surface area contributed by atoms with Crippen molar-refractivity contribution in [2.45, 2.75) is 49.4 Å². The van der Waals surface area contributed by atoms with Gasteiger partial charge in [-0.15, -0.1) is 6.42 Å². The molecule has 0 aliphatic carbocycles. The fourth-order valence-corrected chi connectivity index (χ4v) is 8.27. The van der Waals surface area contributed by atoms with E-state index in [1.807, 2.05) is 0 Å². The first kappa shape index (κ1) is 31.6. The van der Waals surface area contributed by atoms with Gasteiger partial charge in [-0.05, 0) is 61.4 Å². The van der Waals surface area contributed by atoms with E-state index in [2.05, 4.69) is 20.9 Å². The number of fused-ring (bicyclic) bond motifs is 5. The third-order valence-corrected chi connectivity index (χ3v) is 10.4. The Kier molecular flexibility index (Phi) is 7.38. The predicted octanol–water partition coefficient (Wildman–Crippen LogP) is 5.56. The first-order valence-electron chi connectivity index (χ1n) is 16.4. The van der Waals surface area contributed by atoms with Crippen LogP contribution in [-0.2, 0) is 7.05 Å². The van der Waals surface area contributed by atoms with Crippen molar-refractivity contribution in [2.24, 2.45) is 7.05 Å². The number of halogens is 4. The molecule has 0 spiro atoms. The third kappa shape index (κ3) is 5.03. The van der Waals surface area contributed by atoms with E-state index in [1.165, 1.54) is 28.9 Å². The van der Waals surface area contributed by atoms with Crippen molar-refractivity contribution in [3.63, 3.8) is 0 Å². The minimum Gasteiger partial charge on any atom is -0.508 e. The number of phenols is 1. The quantitative estimate of drug-likeness (QED) is 0.179. The molecule has 5 heterocycles. The molecule has 3 atom stereocenters. The van der Waals surface area contributed by atoms with Crippen LogP contribution in [0, 0.1) is 24.0 Å². The number of hydrogen-bond donors (Lipinski definition) is 2. The SMILES string of the molecule is C#Cc1c(F)ccc2cc(O)cc(-c3c(F)c4nc(OC[C@@]56CCCN5C[C@H](F)C6)nc(N5CCCC(O)(CF)C5)c4c4cn(C)nc34)c12. The van der Waals surface area contributed by atoms with Gasteiger partial charge in [0.25, 0.3) is 0 Å². The van der Waals surface area contributed by atoms with Crippen molar-refractivity contribution >= 4 is 38.4 Å². The van der Waals surface area contributed by atoms with Gasteiger partial charge in [-0.25, -0.2) is 17.6 Å². The number of rotatable bonds is 6. The summed E-state index contributed by atoms with van der Waals surface area (Å²) in [6, 6.07) is 5.21. The second-order valence-corrected chi connectivity index (χ2v) is 13.7. The summed E-state index contributed by atoms with van der Waals surface area (Å²) in [4.78, 5) is 13.1. The third-order valence-electron chi connectivity index (χ3n) is 10.4. The highest BCUT2D eigenvalue weighted by Gasteiger charge is 2.49. The minimum atomic E-state index is -1.64. The topological polar surface area (TPSA) is 99.8 Å². The van der Waals surface area contributed by atoms with Crippen LogP contribution in [-0.4, -0.2) is 91.6 Å². The summed E-state index contributed by atoms with van der Waals surface area (Å²) >= 11 is 0. The van der Waals surface area contributed by atoms with E-state index in [4.69, 9.17) is 16.1 Å². The second-order valence-electron chi connectivity index (χ2n) is 13.7. The molecule has 49 heavy (non-hydrogen) atoms. The van der Waals surface area contributed by atoms with Crippen molar-refractivity contribution in [3.05, 3.63) is 47.7 Å². The number of aryl methyl sites for hydroxylation is 1. The van der Waals surface area contributed by atoms with Gasteiger partial charge in [-0.2, -0.15) is 15.1 Å². The molecule has 5 aromatic rings. The van der Waals surface area contributed by atoms with Gasteiger partial charge in [0.2, 0.25) is 0 Å². The lowest BCUT2D eigenvalue weighted by Gasteiger charge is -2.38. The van der Waals surface area contributed by atoms with E-state index in [0.717, 1.165) is 19.4 Å². The van der Waals surface area contributed by atoms with Crippen molar-refractivity contribution in [1.29, 1.82) is 0 Å². The van der Waals surface area contributed by atoms with Gasteiger partial charge in [0.15, 0.2) is 5.82 Å². The first-order valence-corrected chi connectivity index (χ1v) is 16.4. The van der Waals surface area contributed by atoms with Crippen LogP contribution in [0.3, 0.4) is 0 Å². The summed E-state index contributed by atoms with van der Waals surface area (Å²) in [6.45, 7) is 0.457. The zero-order valence-corrected chi connectivity index (χ0v) is 26.8. The molecule has 1 unspecified atom stereocenters. The molecule has 0 bridgehead atoms. The number of nitrogens with zero attached hydrogens (tertiary/aromatic N) is 6. The van der Waals surface area contributed by atoms with Gasteiger partial charge < -0.3 is 19.8 Å². The smallest absolute Gasteiger partial charge is 0.319 e. The fourth-order valence-electron chi connectivity index (χ4n) is 8.27. The molecule has 0 amide bonds. The molecule has 9 nitrogen and oxygen atoms in total. The van der Waals surface area contributed by atoms with Crippen LogP contribution in [0.4, 0.5) is 23.4 Å². The van der Waals surface area contributed by atoms with E-state index in [1.54, 1.807) is 18.1 Å². The zero-order chi connectivity index (χ0) is 34.2. The number of aromatic hydroxyl groups is 1. The predicted molar refractivity (Wildman–Crippen MR) is 177 cm³/mol. The number of benzene rings is 3. The Morgan fingerprint density at radius 3 is 2.71 bits per heavy atom. The number of alkyl halides is 2. The largest absolute Gasteiger partial charge is 0.508 e. The molecule has 3 aliphatic rings. The minimum absolute atomic E-state index is 0.0720. The molecule has 3 aliphatic heterocycles. The average Bonchev–Trinajstić information content (AvgIpc) is 3.74. The van der Waals surface area contributed by atoms with Crippen LogP contribution in [0.5, 0.6) is 11.8 Å². The summed E-state index contributed by atoms with van der Waals surface area (Å²) in [5.74, 6) is 0.863. The lowest BCUT2D eigenvalue weighted by molar-refractivity contribution is 0.00302. The lowest BCUT2D eigenvalue weighted by atomic mass is 9.91. The van der Waals surface area contributed by atoms with Crippen LogP contribution >= 0.6 is 0 Å². The average molecular weight is 675 g/mol. The monoisotopic (exact) mass is 674 g/mol. The molecule has 3 fully saturated rings. The van der Waals surface area contributed by atoms with Gasteiger partial charge >= 0.3 is 6.01 Å². The summed E-state index contributed by atoms with van der Waals surface area (Å²) in [5, 5.41) is 27.6. The molecule has 3 aromatic carbocycles. The summed E-state index contributed by atoms with van der Waals surface area (Å²) in [7, 11) is 1.66. The van der Waals surface area contributed by atoms with Gasteiger partial charge in [0.05, 0.1) is 23.0 Å². The molecule has 0 saturated carbocycles. The number of phenolic OH excluding ortho intramolecular Hbond substituents is 1. The first-order chi connectivity index (χ1) is 23.5. The van der Waals surface area contributed by atoms with E-state index in [-0.39, 0.29) is 75.6 Å². The number of aromatic nitrogens is 4. The van der Waals surface area contributed by atoms with Gasteiger partial charge in [0, 0.05) is 49.1 Å². The Balaban J connectivity index is 1.39. The number of hydrogen-bond acceptors (Lipinski definition) is 8. The van der Waals surface area contributed by atoms with Crippen LogP contribution in [0.1, 0.15) is 37.7 Å². The Morgan fingerprint density at radius 1 is 1.10 bits per heavy atom. The molecule has 13 heteroatoms. The van der Waals surface area contributed by atoms with Crippen LogP contribution in [0.15, 0.2) is 30.5 Å².